The van der Waals surface area contributed by atoms with Crippen LogP contribution >= 0.6 is 0 Å². The van der Waals surface area contributed by atoms with Crippen molar-refractivity contribution in [2.45, 2.75) is 39.0 Å². The molecule has 1 unspecified atom stereocenters. The van der Waals surface area contributed by atoms with Gasteiger partial charge in [-0.15, -0.1) is 0 Å². The molecular formula is C26H27F3N8O. The van der Waals surface area contributed by atoms with Crippen molar-refractivity contribution in [3.63, 3.8) is 0 Å². The normalized spacial score (nSPS) is 20.3. The van der Waals surface area contributed by atoms with Crippen molar-refractivity contribution >= 4 is 27.8 Å². The second-order valence-electron chi connectivity index (χ2n) is 10.5. The number of ether oxygens (including phenoxy) is 1. The van der Waals surface area contributed by atoms with Gasteiger partial charge in [-0.3, -0.25) is 9.58 Å². The van der Waals surface area contributed by atoms with Crippen molar-refractivity contribution in [3.05, 3.63) is 41.5 Å². The van der Waals surface area contributed by atoms with Crippen LogP contribution in [0, 0.1) is 23.7 Å². The molecule has 9 nitrogen and oxygen atoms in total. The summed E-state index contributed by atoms with van der Waals surface area (Å²) in [7, 11) is 1.65. The van der Waals surface area contributed by atoms with Crippen molar-refractivity contribution in [2.24, 2.45) is 5.41 Å². The number of nitrogens with zero attached hydrogens (tertiary/aromatic N) is 7. The van der Waals surface area contributed by atoms with Crippen molar-refractivity contribution in [1.82, 2.24) is 29.6 Å². The van der Waals surface area contributed by atoms with Crippen molar-refractivity contribution in [1.29, 1.82) is 5.26 Å². The molecule has 6 rings (SSSR count). The summed E-state index contributed by atoms with van der Waals surface area (Å²) in [5, 5.41) is 14.8. The number of H-pyrrole nitrogens is 1. The van der Waals surface area contributed by atoms with Crippen LogP contribution in [0.1, 0.15) is 29.9 Å². The van der Waals surface area contributed by atoms with Gasteiger partial charge in [0.2, 0.25) is 0 Å². The van der Waals surface area contributed by atoms with Gasteiger partial charge in [0.15, 0.2) is 5.65 Å². The fourth-order valence-corrected chi connectivity index (χ4v) is 5.98. The monoisotopic (exact) mass is 524 g/mol. The fraction of sp³-hybridized carbons (Fsp3) is 0.462. The Hall–Kier alpha value is -3.85. The highest BCUT2D eigenvalue weighted by Crippen LogP contribution is 2.43. The molecule has 0 radical (unpaired) electrons. The average Bonchev–Trinajstić information content (AvgIpc) is 3.63. The van der Waals surface area contributed by atoms with E-state index in [1.54, 1.807) is 14.0 Å². The molecule has 4 aromatic rings. The van der Waals surface area contributed by atoms with E-state index in [4.69, 9.17) is 4.74 Å². The van der Waals surface area contributed by atoms with Crippen molar-refractivity contribution < 1.29 is 17.9 Å². The summed E-state index contributed by atoms with van der Waals surface area (Å²) in [5.41, 5.74) is 2.82. The average molecular weight is 525 g/mol. The number of rotatable bonds is 5. The number of aromatic nitrogens is 5. The van der Waals surface area contributed by atoms with Gasteiger partial charge in [0, 0.05) is 54.8 Å². The molecule has 5 heterocycles. The van der Waals surface area contributed by atoms with Crippen LogP contribution in [0.15, 0.2) is 24.4 Å². The number of alkyl halides is 3. The molecular weight excluding hydrogens is 497 g/mol. The van der Waals surface area contributed by atoms with Gasteiger partial charge in [-0.1, -0.05) is 0 Å². The minimum atomic E-state index is -4.36. The standard InChI is InChI=1S/C26H27F3N8O/c1-16-31-23-20(12-37(34-23)15-26(27,28)29)24(32-16)36-6-4-25(14-36)3-5-35(13-25)11-18-7-17-8-19(10-30)33-21(17)9-22(18)38-2/h7-9,12,33H,3-6,11,13-15H2,1-2H3. The predicted octanol–water partition coefficient (Wildman–Crippen LogP) is 4.16. The summed E-state index contributed by atoms with van der Waals surface area (Å²) in [6.45, 7) is 4.71. The van der Waals surface area contributed by atoms with Crippen LogP contribution in [0.25, 0.3) is 21.9 Å². The van der Waals surface area contributed by atoms with E-state index in [0.717, 1.165) is 72.5 Å². The zero-order valence-corrected chi connectivity index (χ0v) is 21.1. The minimum Gasteiger partial charge on any atom is -0.496 e. The van der Waals surface area contributed by atoms with Gasteiger partial charge in [0.05, 0.1) is 18.0 Å². The van der Waals surface area contributed by atoms with Gasteiger partial charge in [-0.25, -0.2) is 9.97 Å². The van der Waals surface area contributed by atoms with Gasteiger partial charge in [-0.2, -0.15) is 23.5 Å². The Kier molecular flexibility index (Phi) is 5.72. The third-order valence-corrected chi connectivity index (χ3v) is 7.65. The first-order valence-corrected chi connectivity index (χ1v) is 12.5. The summed E-state index contributed by atoms with van der Waals surface area (Å²) in [5.74, 6) is 1.93. The number of hydrogen-bond acceptors (Lipinski definition) is 7. The predicted molar refractivity (Wildman–Crippen MR) is 135 cm³/mol. The molecule has 1 atom stereocenters. The molecule has 2 saturated heterocycles. The van der Waals surface area contributed by atoms with Gasteiger partial charge < -0.3 is 14.6 Å². The molecule has 3 aromatic heterocycles. The summed E-state index contributed by atoms with van der Waals surface area (Å²) in [6, 6.07) is 8.01. The van der Waals surface area contributed by atoms with Crippen LogP contribution < -0.4 is 9.64 Å². The van der Waals surface area contributed by atoms with E-state index >= 15 is 0 Å². The van der Waals surface area contributed by atoms with E-state index in [1.807, 2.05) is 12.1 Å². The summed E-state index contributed by atoms with van der Waals surface area (Å²) < 4.78 is 45.4. The lowest BCUT2D eigenvalue weighted by atomic mass is 9.86. The van der Waals surface area contributed by atoms with E-state index in [1.165, 1.54) is 6.20 Å². The number of likely N-dealkylation sites (tertiary alicyclic amines) is 1. The largest absolute Gasteiger partial charge is 0.496 e. The molecule has 2 aliphatic heterocycles. The first-order valence-electron chi connectivity index (χ1n) is 12.5. The number of halogens is 3. The van der Waals surface area contributed by atoms with E-state index < -0.39 is 12.7 Å². The Morgan fingerprint density at radius 1 is 1.16 bits per heavy atom. The van der Waals surface area contributed by atoms with Gasteiger partial charge in [-0.05, 0) is 38.4 Å². The summed E-state index contributed by atoms with van der Waals surface area (Å²) in [4.78, 5) is 16.6. The molecule has 1 N–H and O–H groups in total. The number of aromatic amines is 1. The molecule has 0 bridgehead atoms. The maximum Gasteiger partial charge on any atom is 0.408 e. The molecule has 2 aliphatic rings. The Morgan fingerprint density at radius 2 is 1.97 bits per heavy atom. The zero-order chi connectivity index (χ0) is 26.7. The van der Waals surface area contributed by atoms with Crippen LogP contribution in [0.4, 0.5) is 19.0 Å². The number of aryl methyl sites for hydroxylation is 1. The van der Waals surface area contributed by atoms with Crippen LogP contribution in [0.3, 0.4) is 0 Å². The topological polar surface area (TPSA) is 98.9 Å². The second-order valence-corrected chi connectivity index (χ2v) is 10.5. The number of anilines is 1. The van der Waals surface area contributed by atoms with E-state index in [0.29, 0.717) is 22.7 Å². The maximum absolute atomic E-state index is 13.0. The summed E-state index contributed by atoms with van der Waals surface area (Å²) >= 11 is 0. The maximum atomic E-state index is 13.0. The van der Waals surface area contributed by atoms with E-state index in [9.17, 15) is 18.4 Å². The minimum absolute atomic E-state index is 0.0759. The highest BCUT2D eigenvalue weighted by atomic mass is 19.4. The molecule has 0 aliphatic carbocycles. The van der Waals surface area contributed by atoms with Gasteiger partial charge in [0.1, 0.15) is 35.7 Å². The molecule has 0 saturated carbocycles. The number of methoxy groups -OCH3 is 1. The smallest absolute Gasteiger partial charge is 0.408 e. The van der Waals surface area contributed by atoms with Gasteiger partial charge in [0.25, 0.3) is 0 Å². The highest BCUT2D eigenvalue weighted by Gasteiger charge is 2.44. The Bertz CT molecular complexity index is 1570. The third-order valence-electron chi connectivity index (χ3n) is 7.65. The SMILES string of the molecule is COc1cc2[nH]c(C#N)cc2cc1CN1CCC2(CCN(c3nc(C)nc4nn(CC(F)(F)F)cc34)C2)C1. The first-order chi connectivity index (χ1) is 18.1. The first kappa shape index (κ1) is 24.5. The molecule has 1 spiro atoms. The number of benzene rings is 1. The number of nitriles is 1. The molecule has 38 heavy (non-hydrogen) atoms. The highest BCUT2D eigenvalue weighted by molar-refractivity contribution is 5.87. The Balaban J connectivity index is 1.20. The molecule has 12 heteroatoms. The van der Waals surface area contributed by atoms with E-state index in [2.05, 4.69) is 42.0 Å². The van der Waals surface area contributed by atoms with Crippen LogP contribution in [0.2, 0.25) is 0 Å². The van der Waals surface area contributed by atoms with Gasteiger partial charge >= 0.3 is 6.18 Å². The Morgan fingerprint density at radius 3 is 2.74 bits per heavy atom. The summed E-state index contributed by atoms with van der Waals surface area (Å²) in [6.07, 6.45) is -0.950. The van der Waals surface area contributed by atoms with Crippen LogP contribution in [0.5, 0.6) is 5.75 Å². The molecule has 2 fully saturated rings. The Labute approximate surface area is 216 Å². The lowest BCUT2D eigenvalue weighted by molar-refractivity contribution is -0.142. The lowest BCUT2D eigenvalue weighted by Crippen LogP contribution is -2.31. The fourth-order valence-electron chi connectivity index (χ4n) is 5.98. The molecule has 198 valence electrons. The van der Waals surface area contributed by atoms with Crippen molar-refractivity contribution in [3.8, 4) is 11.8 Å². The van der Waals surface area contributed by atoms with Crippen LogP contribution in [-0.2, 0) is 13.1 Å². The molecule has 0 amide bonds. The third kappa shape index (κ3) is 4.51. The number of hydrogen-bond donors (Lipinski definition) is 1. The van der Waals surface area contributed by atoms with E-state index in [-0.39, 0.29) is 11.1 Å². The molecule has 1 aromatic carbocycles. The second kappa shape index (κ2) is 8.87. The quantitative estimate of drug-likeness (QED) is 0.419. The zero-order valence-electron chi connectivity index (χ0n) is 21.1. The number of nitrogens with one attached hydrogen (secondary N) is 1. The van der Waals surface area contributed by atoms with Crippen molar-refractivity contribution in [2.75, 3.05) is 38.2 Å². The lowest BCUT2D eigenvalue weighted by Gasteiger charge is -2.26. The van der Waals surface area contributed by atoms with Crippen LogP contribution in [-0.4, -0.2) is 69.1 Å². The number of fused-ring (bicyclic) bond motifs is 2.